The predicted octanol–water partition coefficient (Wildman–Crippen LogP) is 4.32. The smallest absolute Gasteiger partial charge is 0.224 e. The summed E-state index contributed by atoms with van der Waals surface area (Å²) >= 11 is 11.7. The molecular weight excluding hydrogens is 285 g/mol. The Balaban J connectivity index is 2.08. The summed E-state index contributed by atoms with van der Waals surface area (Å²) in [6.45, 7) is 2.77. The lowest BCUT2D eigenvalue weighted by atomic mass is 10.3. The lowest BCUT2D eigenvalue weighted by Gasteiger charge is -2.09. The van der Waals surface area contributed by atoms with Crippen LogP contribution in [0.4, 0.5) is 11.5 Å². The Morgan fingerprint density at radius 3 is 2.63 bits per heavy atom. The maximum absolute atomic E-state index is 5.98. The average molecular weight is 298 g/mol. The van der Waals surface area contributed by atoms with Crippen LogP contribution in [0.3, 0.4) is 0 Å². The van der Waals surface area contributed by atoms with Crippen molar-refractivity contribution in [3.05, 3.63) is 40.8 Å². The number of rotatable bonds is 5. The van der Waals surface area contributed by atoms with Crippen LogP contribution in [0.2, 0.25) is 10.3 Å². The standard InChI is InChI=1S/C13H13Cl2N3O/c1-2-7-19-10-5-3-9(4-6-10)17-12-11(14)8-16-13(15)18-12/h3-6,8H,2,7H2,1H3,(H,16,17,18). The zero-order valence-corrected chi connectivity index (χ0v) is 11.9. The van der Waals surface area contributed by atoms with Crippen LogP contribution in [0.5, 0.6) is 5.75 Å². The topological polar surface area (TPSA) is 47.0 Å². The fraction of sp³-hybridized carbons (Fsp3) is 0.231. The van der Waals surface area contributed by atoms with E-state index in [0.29, 0.717) is 17.4 Å². The van der Waals surface area contributed by atoms with Crippen molar-refractivity contribution in [2.24, 2.45) is 0 Å². The van der Waals surface area contributed by atoms with Crippen LogP contribution in [0.15, 0.2) is 30.5 Å². The number of halogens is 2. The van der Waals surface area contributed by atoms with Gasteiger partial charge in [-0.2, -0.15) is 4.98 Å². The zero-order valence-electron chi connectivity index (χ0n) is 10.4. The van der Waals surface area contributed by atoms with Gasteiger partial charge in [0.2, 0.25) is 5.28 Å². The van der Waals surface area contributed by atoms with Crippen LogP contribution < -0.4 is 10.1 Å². The van der Waals surface area contributed by atoms with Crippen molar-refractivity contribution < 1.29 is 4.74 Å². The Morgan fingerprint density at radius 2 is 1.95 bits per heavy atom. The van der Waals surface area contributed by atoms with Crippen molar-refractivity contribution >= 4 is 34.7 Å². The molecule has 0 bridgehead atoms. The Hall–Kier alpha value is -1.52. The number of anilines is 2. The van der Waals surface area contributed by atoms with E-state index in [9.17, 15) is 0 Å². The number of nitrogens with one attached hydrogen (secondary N) is 1. The highest BCUT2D eigenvalue weighted by Crippen LogP contribution is 2.24. The highest BCUT2D eigenvalue weighted by atomic mass is 35.5. The molecule has 19 heavy (non-hydrogen) atoms. The van der Waals surface area contributed by atoms with Gasteiger partial charge < -0.3 is 10.1 Å². The molecule has 0 atom stereocenters. The lowest BCUT2D eigenvalue weighted by Crippen LogP contribution is -1.97. The van der Waals surface area contributed by atoms with Crippen LogP contribution >= 0.6 is 23.2 Å². The van der Waals surface area contributed by atoms with Crippen molar-refractivity contribution in [3.63, 3.8) is 0 Å². The molecule has 0 aliphatic carbocycles. The number of nitrogens with zero attached hydrogens (tertiary/aromatic N) is 2. The van der Waals surface area contributed by atoms with E-state index in [0.717, 1.165) is 17.9 Å². The fourth-order valence-electron chi connectivity index (χ4n) is 1.42. The summed E-state index contributed by atoms with van der Waals surface area (Å²) < 4.78 is 5.50. The Kier molecular flexibility index (Phi) is 4.82. The van der Waals surface area contributed by atoms with Crippen LogP contribution in [-0.4, -0.2) is 16.6 Å². The van der Waals surface area contributed by atoms with Crippen molar-refractivity contribution in [1.29, 1.82) is 0 Å². The van der Waals surface area contributed by atoms with Crippen molar-refractivity contribution in [1.82, 2.24) is 9.97 Å². The van der Waals surface area contributed by atoms with Gasteiger partial charge >= 0.3 is 0 Å². The summed E-state index contributed by atoms with van der Waals surface area (Å²) in [6, 6.07) is 7.54. The molecule has 6 heteroatoms. The Morgan fingerprint density at radius 1 is 1.21 bits per heavy atom. The van der Waals surface area contributed by atoms with Gasteiger partial charge in [-0.3, -0.25) is 0 Å². The third kappa shape index (κ3) is 3.98. The zero-order chi connectivity index (χ0) is 13.7. The minimum absolute atomic E-state index is 0.148. The molecule has 2 rings (SSSR count). The van der Waals surface area contributed by atoms with Gasteiger partial charge in [-0.1, -0.05) is 18.5 Å². The summed E-state index contributed by atoms with van der Waals surface area (Å²) in [6.07, 6.45) is 2.44. The van der Waals surface area contributed by atoms with Gasteiger partial charge in [0.25, 0.3) is 0 Å². The van der Waals surface area contributed by atoms with Crippen molar-refractivity contribution in [3.8, 4) is 5.75 Å². The Labute approximate surface area is 121 Å². The summed E-state index contributed by atoms with van der Waals surface area (Å²) in [5.41, 5.74) is 0.848. The average Bonchev–Trinajstić information content (AvgIpc) is 2.42. The quantitative estimate of drug-likeness (QED) is 0.835. The molecule has 0 spiro atoms. The maximum Gasteiger partial charge on any atom is 0.224 e. The molecule has 0 aliphatic rings. The monoisotopic (exact) mass is 297 g/mol. The number of aromatic nitrogens is 2. The normalized spacial score (nSPS) is 10.3. The summed E-state index contributed by atoms with van der Waals surface area (Å²) in [7, 11) is 0. The molecule has 100 valence electrons. The largest absolute Gasteiger partial charge is 0.494 e. The molecule has 2 aromatic rings. The minimum atomic E-state index is 0.148. The highest BCUT2D eigenvalue weighted by Gasteiger charge is 2.04. The minimum Gasteiger partial charge on any atom is -0.494 e. The second-order valence-electron chi connectivity index (χ2n) is 3.83. The first kappa shape index (κ1) is 13.9. The molecule has 0 fully saturated rings. The number of hydrogen-bond donors (Lipinski definition) is 1. The first-order valence-electron chi connectivity index (χ1n) is 5.87. The first-order chi connectivity index (χ1) is 9.19. The molecule has 1 heterocycles. The predicted molar refractivity (Wildman–Crippen MR) is 77.6 cm³/mol. The van der Waals surface area contributed by atoms with Crippen LogP contribution in [0, 0.1) is 0 Å². The molecule has 0 aliphatic heterocycles. The van der Waals surface area contributed by atoms with E-state index in [1.54, 1.807) is 0 Å². The highest BCUT2D eigenvalue weighted by molar-refractivity contribution is 6.33. The molecule has 0 unspecified atom stereocenters. The van der Waals surface area contributed by atoms with Gasteiger partial charge in [-0.25, -0.2) is 4.98 Å². The van der Waals surface area contributed by atoms with E-state index < -0.39 is 0 Å². The van der Waals surface area contributed by atoms with Crippen LogP contribution in [0.1, 0.15) is 13.3 Å². The van der Waals surface area contributed by atoms with E-state index >= 15 is 0 Å². The molecule has 1 aromatic carbocycles. The van der Waals surface area contributed by atoms with Gasteiger partial charge in [0.1, 0.15) is 10.8 Å². The number of hydrogen-bond acceptors (Lipinski definition) is 4. The molecule has 0 saturated carbocycles. The third-order valence-electron chi connectivity index (χ3n) is 2.30. The molecule has 1 aromatic heterocycles. The molecule has 1 N–H and O–H groups in total. The van der Waals surface area contributed by atoms with E-state index in [1.807, 2.05) is 24.3 Å². The van der Waals surface area contributed by atoms with Crippen LogP contribution in [0.25, 0.3) is 0 Å². The molecule has 0 amide bonds. The van der Waals surface area contributed by atoms with Crippen molar-refractivity contribution in [2.75, 3.05) is 11.9 Å². The lowest BCUT2D eigenvalue weighted by molar-refractivity contribution is 0.317. The van der Waals surface area contributed by atoms with Crippen LogP contribution in [-0.2, 0) is 0 Å². The molecule has 4 nitrogen and oxygen atoms in total. The number of benzene rings is 1. The first-order valence-corrected chi connectivity index (χ1v) is 6.62. The van der Waals surface area contributed by atoms with E-state index in [2.05, 4.69) is 22.2 Å². The maximum atomic E-state index is 5.98. The third-order valence-corrected chi connectivity index (χ3v) is 2.76. The summed E-state index contributed by atoms with van der Waals surface area (Å²) in [4.78, 5) is 7.81. The van der Waals surface area contributed by atoms with Gasteiger partial charge in [-0.15, -0.1) is 0 Å². The Bertz CT molecular complexity index is 546. The second-order valence-corrected chi connectivity index (χ2v) is 4.58. The van der Waals surface area contributed by atoms with Gasteiger partial charge in [0.05, 0.1) is 12.8 Å². The fourth-order valence-corrected chi connectivity index (χ4v) is 1.70. The van der Waals surface area contributed by atoms with Gasteiger partial charge in [0.15, 0.2) is 5.82 Å². The van der Waals surface area contributed by atoms with Gasteiger partial charge in [-0.05, 0) is 42.3 Å². The SMILES string of the molecule is CCCOc1ccc(Nc2nc(Cl)ncc2Cl)cc1. The van der Waals surface area contributed by atoms with Crippen molar-refractivity contribution in [2.45, 2.75) is 13.3 Å². The molecule has 0 radical (unpaired) electrons. The van der Waals surface area contributed by atoms with E-state index in [4.69, 9.17) is 27.9 Å². The summed E-state index contributed by atoms with van der Waals surface area (Å²) in [5.74, 6) is 1.31. The number of ether oxygens (including phenoxy) is 1. The van der Waals surface area contributed by atoms with E-state index in [-0.39, 0.29) is 5.28 Å². The molecular formula is C13H13Cl2N3O. The van der Waals surface area contributed by atoms with E-state index in [1.165, 1.54) is 6.20 Å². The van der Waals surface area contributed by atoms with Gasteiger partial charge in [0, 0.05) is 5.69 Å². The second kappa shape index (κ2) is 6.59. The summed E-state index contributed by atoms with van der Waals surface area (Å²) in [5, 5.41) is 3.63. The molecule has 0 saturated heterocycles.